The van der Waals surface area contributed by atoms with Gasteiger partial charge in [-0.3, -0.25) is 4.98 Å². The number of fused-ring (bicyclic) bond motifs is 3. The molecule has 2 atom stereocenters. The van der Waals surface area contributed by atoms with Crippen LogP contribution in [0.25, 0.3) is 99.1 Å². The molecule has 0 saturated heterocycles. The van der Waals surface area contributed by atoms with Crippen LogP contribution in [0.15, 0.2) is 225 Å². The molecule has 2 unspecified atom stereocenters. The van der Waals surface area contributed by atoms with Crippen molar-refractivity contribution in [1.82, 2.24) is 24.9 Å². The topological polar surface area (TPSA) is 64.5 Å². The first-order valence-electron chi connectivity index (χ1n) is 23.4. The summed E-state index contributed by atoms with van der Waals surface area (Å²) in [6.07, 6.45) is 3.72. The standard InChI is InChI=1S/C63H39N5S/c1-3-12-40(13-4-1)55-36-64-37-56(65-55)45-31-33-51-54(35-45)59-49-18-8-7-17-48(49)58(51)53-34-44(30-32-50(53)59)38-22-26-42(27-23-38)62-66-61(41-14-5-2-6-15-41)67-63(68-62)43-28-24-39(25-29-43)46-19-11-20-52-47-16-9-10-21-57(47)69-60(46)52/h1-37,58-59H. The Bertz CT molecular complexity index is 3960. The van der Waals surface area contributed by atoms with E-state index in [4.69, 9.17) is 19.9 Å². The molecule has 15 rings (SSSR count). The van der Waals surface area contributed by atoms with Crippen molar-refractivity contribution in [3.05, 3.63) is 258 Å². The average molecular weight is 898 g/mol. The highest BCUT2D eigenvalue weighted by atomic mass is 32.1. The molecule has 0 radical (unpaired) electrons. The molecule has 9 aromatic carbocycles. The van der Waals surface area contributed by atoms with E-state index in [0.717, 1.165) is 50.3 Å². The van der Waals surface area contributed by atoms with E-state index in [9.17, 15) is 0 Å². The van der Waals surface area contributed by atoms with Crippen LogP contribution in [0.4, 0.5) is 0 Å². The molecule has 322 valence electrons. The molecule has 3 aromatic heterocycles. The summed E-state index contributed by atoms with van der Waals surface area (Å²) in [7, 11) is 0. The minimum Gasteiger partial charge on any atom is -0.260 e. The summed E-state index contributed by atoms with van der Waals surface area (Å²) in [5.74, 6) is 2.18. The summed E-state index contributed by atoms with van der Waals surface area (Å²) < 4.78 is 2.60. The Morgan fingerprint density at radius 3 is 1.42 bits per heavy atom. The van der Waals surface area contributed by atoms with Crippen LogP contribution in [0.3, 0.4) is 0 Å². The monoisotopic (exact) mass is 897 g/mol. The van der Waals surface area contributed by atoms with Gasteiger partial charge in [0.05, 0.1) is 23.8 Å². The lowest BCUT2D eigenvalue weighted by Gasteiger charge is -2.42. The minimum atomic E-state index is 0.127. The molecule has 2 bridgehead atoms. The lowest BCUT2D eigenvalue weighted by molar-refractivity contribution is 0.755. The zero-order valence-electron chi connectivity index (χ0n) is 37.2. The van der Waals surface area contributed by atoms with Gasteiger partial charge < -0.3 is 0 Å². The second-order valence-electron chi connectivity index (χ2n) is 17.9. The molecule has 69 heavy (non-hydrogen) atoms. The largest absolute Gasteiger partial charge is 0.260 e. The van der Waals surface area contributed by atoms with E-state index in [2.05, 4.69) is 181 Å². The van der Waals surface area contributed by atoms with Gasteiger partial charge in [-0.05, 0) is 73.8 Å². The Kier molecular flexibility index (Phi) is 9.14. The highest BCUT2D eigenvalue weighted by Gasteiger charge is 2.41. The summed E-state index contributed by atoms with van der Waals surface area (Å²) in [6.45, 7) is 0. The lowest BCUT2D eigenvalue weighted by Crippen LogP contribution is -2.27. The number of hydrogen-bond acceptors (Lipinski definition) is 6. The Morgan fingerprint density at radius 2 is 0.768 bits per heavy atom. The van der Waals surface area contributed by atoms with E-state index in [1.807, 2.05) is 60.1 Å². The first-order chi connectivity index (χ1) is 34.2. The Hall–Kier alpha value is -8.71. The summed E-state index contributed by atoms with van der Waals surface area (Å²) >= 11 is 1.85. The van der Waals surface area contributed by atoms with Crippen LogP contribution in [-0.4, -0.2) is 24.9 Å². The van der Waals surface area contributed by atoms with Crippen LogP contribution in [0.5, 0.6) is 0 Å². The third-order valence-corrected chi connectivity index (χ3v) is 15.3. The molecule has 0 spiro atoms. The predicted molar refractivity (Wildman–Crippen MR) is 281 cm³/mol. The maximum absolute atomic E-state index is 5.13. The average Bonchev–Trinajstić information content (AvgIpc) is 3.82. The summed E-state index contributed by atoms with van der Waals surface area (Å²) in [5, 5.41) is 2.59. The van der Waals surface area contributed by atoms with Crippen LogP contribution in [-0.2, 0) is 0 Å². The zero-order valence-corrected chi connectivity index (χ0v) is 38.0. The summed E-state index contributed by atoms with van der Waals surface area (Å²) in [4.78, 5) is 24.9. The fourth-order valence-electron chi connectivity index (χ4n) is 10.7. The third-order valence-electron chi connectivity index (χ3n) is 14.0. The molecular weight excluding hydrogens is 859 g/mol. The second kappa shape index (κ2) is 16.0. The number of rotatable bonds is 7. The quantitative estimate of drug-likeness (QED) is 0.159. The van der Waals surface area contributed by atoms with Crippen molar-refractivity contribution in [2.75, 3.05) is 0 Å². The molecule has 12 aromatic rings. The Balaban J connectivity index is 0.794. The van der Waals surface area contributed by atoms with Gasteiger partial charge in [0.25, 0.3) is 0 Å². The van der Waals surface area contributed by atoms with Gasteiger partial charge in [-0.2, -0.15) is 0 Å². The summed E-state index contributed by atoms with van der Waals surface area (Å²) in [6, 6.07) is 76.0. The molecule has 0 N–H and O–H groups in total. The Labute approximate surface area is 403 Å². The normalized spacial score (nSPS) is 14.4. The van der Waals surface area contributed by atoms with Crippen molar-refractivity contribution in [3.63, 3.8) is 0 Å². The van der Waals surface area contributed by atoms with Gasteiger partial charge in [0, 0.05) is 59.8 Å². The van der Waals surface area contributed by atoms with Gasteiger partial charge in [0.2, 0.25) is 0 Å². The van der Waals surface area contributed by atoms with Crippen molar-refractivity contribution in [3.8, 4) is 78.9 Å². The van der Waals surface area contributed by atoms with Crippen molar-refractivity contribution in [2.45, 2.75) is 11.8 Å². The number of hydrogen-bond donors (Lipinski definition) is 0. The van der Waals surface area contributed by atoms with Crippen molar-refractivity contribution >= 4 is 31.5 Å². The first kappa shape index (κ1) is 39.5. The smallest absolute Gasteiger partial charge is 0.164 e. The number of nitrogens with zero attached hydrogens (tertiary/aromatic N) is 5. The van der Waals surface area contributed by atoms with Gasteiger partial charge in [-0.15, -0.1) is 11.3 Å². The van der Waals surface area contributed by atoms with Gasteiger partial charge in [-0.1, -0.05) is 194 Å². The zero-order chi connectivity index (χ0) is 45.4. The summed E-state index contributed by atoms with van der Waals surface area (Å²) in [5.41, 5.74) is 19.6. The van der Waals surface area contributed by atoms with Crippen LogP contribution >= 0.6 is 11.3 Å². The maximum atomic E-state index is 5.13. The number of thiophene rings is 1. The number of aromatic nitrogens is 5. The maximum Gasteiger partial charge on any atom is 0.164 e. The molecule has 3 heterocycles. The molecule has 0 aliphatic heterocycles. The highest BCUT2D eigenvalue weighted by molar-refractivity contribution is 7.26. The van der Waals surface area contributed by atoms with Crippen molar-refractivity contribution in [1.29, 1.82) is 0 Å². The van der Waals surface area contributed by atoms with Gasteiger partial charge >= 0.3 is 0 Å². The van der Waals surface area contributed by atoms with Crippen LogP contribution in [0.1, 0.15) is 45.2 Å². The second-order valence-corrected chi connectivity index (χ2v) is 19.0. The molecule has 0 fully saturated rings. The molecule has 0 saturated carbocycles. The minimum absolute atomic E-state index is 0.127. The van der Waals surface area contributed by atoms with Gasteiger partial charge in [-0.25, -0.2) is 19.9 Å². The molecule has 3 aliphatic rings. The van der Waals surface area contributed by atoms with E-state index in [1.165, 1.54) is 64.7 Å². The van der Waals surface area contributed by atoms with E-state index < -0.39 is 0 Å². The van der Waals surface area contributed by atoms with Gasteiger partial charge in [0.15, 0.2) is 17.5 Å². The number of benzene rings is 9. The fraction of sp³-hybridized carbons (Fsp3) is 0.0317. The van der Waals surface area contributed by atoms with Crippen LogP contribution in [0, 0.1) is 0 Å². The Morgan fingerprint density at radius 1 is 0.304 bits per heavy atom. The molecule has 5 nitrogen and oxygen atoms in total. The predicted octanol–water partition coefficient (Wildman–Crippen LogP) is 15.7. The van der Waals surface area contributed by atoms with Crippen LogP contribution in [0.2, 0.25) is 0 Å². The molecular formula is C63H39N5S. The van der Waals surface area contributed by atoms with Crippen molar-refractivity contribution < 1.29 is 0 Å². The van der Waals surface area contributed by atoms with Gasteiger partial charge in [0.1, 0.15) is 0 Å². The van der Waals surface area contributed by atoms with Crippen molar-refractivity contribution in [2.24, 2.45) is 0 Å². The highest BCUT2D eigenvalue weighted by Crippen LogP contribution is 2.56. The van der Waals surface area contributed by atoms with E-state index in [0.29, 0.717) is 17.5 Å². The van der Waals surface area contributed by atoms with E-state index in [-0.39, 0.29) is 11.8 Å². The third kappa shape index (κ3) is 6.63. The van der Waals surface area contributed by atoms with E-state index in [1.54, 1.807) is 0 Å². The van der Waals surface area contributed by atoms with Crippen LogP contribution < -0.4 is 0 Å². The SMILES string of the molecule is c1ccc(-c2cncc(-c3ccc4c(c3)C3c5ccccc5C4c4cc(-c5ccc(-c6nc(-c7ccccc7)nc(-c7ccc(-c8cccc9c8sc8ccccc89)cc7)n6)cc5)ccc43)n2)cc1. The molecule has 0 amide bonds. The van der Waals surface area contributed by atoms with E-state index >= 15 is 0 Å². The first-order valence-corrected chi connectivity index (χ1v) is 24.2. The lowest BCUT2D eigenvalue weighted by atomic mass is 9.60. The molecule has 6 heteroatoms. The fourth-order valence-corrected chi connectivity index (χ4v) is 12.0. The molecule has 3 aliphatic carbocycles.